The van der Waals surface area contributed by atoms with E-state index in [0.717, 1.165) is 77.0 Å². The lowest BCUT2D eigenvalue weighted by molar-refractivity contribution is 0.0786. The number of nitrogens with one attached hydrogen (secondary N) is 1. The second kappa shape index (κ2) is 7.78. The van der Waals surface area contributed by atoms with Gasteiger partial charge in [-0.25, -0.2) is 9.97 Å². The van der Waals surface area contributed by atoms with Gasteiger partial charge in [-0.15, -0.1) is 0 Å². The van der Waals surface area contributed by atoms with Crippen LogP contribution in [0.3, 0.4) is 0 Å². The molecule has 144 valence electrons. The number of fused-ring (bicyclic) bond motifs is 1. The Balaban J connectivity index is 1.53. The van der Waals surface area contributed by atoms with E-state index in [2.05, 4.69) is 16.4 Å². The van der Waals surface area contributed by atoms with E-state index in [1.54, 1.807) is 11.8 Å². The molecule has 2 aliphatic heterocycles. The minimum absolute atomic E-state index is 0.302. The highest BCUT2D eigenvalue weighted by Gasteiger charge is 2.25. The average Bonchev–Trinajstić information content (AvgIpc) is 3.37. The number of ether oxygens (including phenoxy) is 1. The Morgan fingerprint density at radius 2 is 1.96 bits per heavy atom. The Bertz CT molecular complexity index is 984. The summed E-state index contributed by atoms with van der Waals surface area (Å²) >= 11 is 7.60. The van der Waals surface area contributed by atoms with E-state index in [9.17, 15) is 0 Å². The molecule has 2 aromatic heterocycles. The molecule has 5 nitrogen and oxygen atoms in total. The Morgan fingerprint density at radius 3 is 2.79 bits per heavy atom. The van der Waals surface area contributed by atoms with Crippen LogP contribution >= 0.6 is 23.4 Å². The van der Waals surface area contributed by atoms with Crippen LogP contribution in [0.1, 0.15) is 30.2 Å². The summed E-state index contributed by atoms with van der Waals surface area (Å²) in [4.78, 5) is 10.6. The number of hydrogen-bond donors (Lipinski definition) is 1. The molecule has 0 radical (unpaired) electrons. The number of aromatic nitrogens is 2. The molecule has 0 aliphatic carbocycles. The van der Waals surface area contributed by atoms with Crippen LogP contribution in [-0.4, -0.2) is 29.7 Å². The molecule has 3 aromatic rings. The molecule has 0 spiro atoms. The molecule has 0 saturated carbocycles. The number of nitrogens with zero attached hydrogens (tertiary/aromatic N) is 2. The van der Waals surface area contributed by atoms with Crippen molar-refractivity contribution in [2.45, 2.75) is 35.2 Å². The van der Waals surface area contributed by atoms with Crippen molar-refractivity contribution in [1.82, 2.24) is 9.97 Å². The number of rotatable bonds is 4. The van der Waals surface area contributed by atoms with Crippen molar-refractivity contribution in [1.29, 1.82) is 0 Å². The number of anilines is 1. The Hall–Kier alpha value is -2.02. The predicted octanol–water partition coefficient (Wildman–Crippen LogP) is 5.40. The number of pyridine rings is 1. The van der Waals surface area contributed by atoms with Gasteiger partial charge in [-0.2, -0.15) is 0 Å². The van der Waals surface area contributed by atoms with Gasteiger partial charge in [0.2, 0.25) is 0 Å². The molecular weight excluding hydrogens is 394 g/mol. The maximum atomic E-state index is 6.28. The lowest BCUT2D eigenvalue weighted by Gasteiger charge is -2.18. The third-order valence-electron chi connectivity index (χ3n) is 5.13. The molecule has 1 fully saturated rings. The zero-order valence-electron chi connectivity index (χ0n) is 15.3. The van der Waals surface area contributed by atoms with E-state index in [0.29, 0.717) is 5.92 Å². The summed E-state index contributed by atoms with van der Waals surface area (Å²) in [6, 6.07) is 9.96. The van der Waals surface area contributed by atoms with Gasteiger partial charge in [-0.05, 0) is 66.9 Å². The van der Waals surface area contributed by atoms with Gasteiger partial charge in [0.15, 0.2) is 11.0 Å². The first-order valence-corrected chi connectivity index (χ1v) is 10.7. The zero-order chi connectivity index (χ0) is 18.9. The lowest BCUT2D eigenvalue weighted by Crippen LogP contribution is -2.14. The van der Waals surface area contributed by atoms with Crippen LogP contribution in [0.15, 0.2) is 50.9 Å². The number of hydrogen-bond acceptors (Lipinski definition) is 6. The van der Waals surface area contributed by atoms with Crippen LogP contribution in [0, 0.1) is 0 Å². The molecule has 4 heterocycles. The summed E-state index contributed by atoms with van der Waals surface area (Å²) in [6.45, 7) is 2.45. The van der Waals surface area contributed by atoms with Crippen LogP contribution in [-0.2, 0) is 11.2 Å². The third kappa shape index (κ3) is 3.64. The first kappa shape index (κ1) is 18.0. The molecule has 0 bridgehead atoms. The number of oxazole rings is 1. The van der Waals surface area contributed by atoms with Gasteiger partial charge in [0.1, 0.15) is 11.5 Å². The van der Waals surface area contributed by atoms with Gasteiger partial charge in [0.25, 0.3) is 0 Å². The average molecular weight is 414 g/mol. The molecule has 0 atom stereocenters. The largest absolute Gasteiger partial charge is 0.433 e. The maximum absolute atomic E-state index is 6.28. The van der Waals surface area contributed by atoms with Gasteiger partial charge in [-0.3, -0.25) is 0 Å². The molecule has 1 saturated heterocycles. The molecule has 1 aromatic carbocycles. The SMILES string of the molecule is Clc1ccc(Sc2oc(C3CCOCC3)nc2-c2cnc3c(c2)CCN3)cc1. The minimum Gasteiger partial charge on any atom is -0.433 e. The van der Waals surface area contributed by atoms with Crippen molar-refractivity contribution in [3.05, 3.63) is 53.0 Å². The van der Waals surface area contributed by atoms with Gasteiger partial charge >= 0.3 is 0 Å². The van der Waals surface area contributed by atoms with Crippen molar-refractivity contribution in [3.63, 3.8) is 0 Å². The standard InChI is InChI=1S/C21H20ClN3O2S/c22-16-1-3-17(4-2-16)28-21-18(15-11-14-5-8-23-19(14)24-12-15)25-20(27-21)13-6-9-26-10-7-13/h1-4,11-13H,5-10H2,(H,23,24). The van der Waals surface area contributed by atoms with E-state index in [-0.39, 0.29) is 0 Å². The van der Waals surface area contributed by atoms with Crippen molar-refractivity contribution in [2.24, 2.45) is 0 Å². The summed E-state index contributed by atoms with van der Waals surface area (Å²) in [5.41, 5.74) is 3.10. The fourth-order valence-electron chi connectivity index (χ4n) is 3.61. The van der Waals surface area contributed by atoms with Crippen LogP contribution in [0.4, 0.5) is 5.82 Å². The summed E-state index contributed by atoms with van der Waals surface area (Å²) < 4.78 is 11.8. The smallest absolute Gasteiger partial charge is 0.199 e. The van der Waals surface area contributed by atoms with Crippen LogP contribution in [0.25, 0.3) is 11.3 Å². The third-order valence-corrected chi connectivity index (χ3v) is 6.36. The molecule has 0 amide bonds. The second-order valence-corrected chi connectivity index (χ2v) is 8.52. The fraction of sp³-hybridized carbons (Fsp3) is 0.333. The van der Waals surface area contributed by atoms with E-state index < -0.39 is 0 Å². The molecule has 5 rings (SSSR count). The fourth-order valence-corrected chi connectivity index (χ4v) is 4.61. The molecular formula is C21H20ClN3O2S. The second-order valence-electron chi connectivity index (χ2n) is 7.04. The van der Waals surface area contributed by atoms with Crippen LogP contribution < -0.4 is 5.32 Å². The van der Waals surface area contributed by atoms with Gasteiger partial charge in [-0.1, -0.05) is 11.6 Å². The highest BCUT2D eigenvalue weighted by Crippen LogP contribution is 2.40. The van der Waals surface area contributed by atoms with Crippen molar-refractivity contribution in [3.8, 4) is 11.3 Å². The predicted molar refractivity (Wildman–Crippen MR) is 110 cm³/mol. The minimum atomic E-state index is 0.302. The quantitative estimate of drug-likeness (QED) is 0.617. The topological polar surface area (TPSA) is 60.2 Å². The maximum Gasteiger partial charge on any atom is 0.199 e. The first-order valence-electron chi connectivity index (χ1n) is 9.51. The molecule has 7 heteroatoms. The van der Waals surface area contributed by atoms with Gasteiger partial charge in [0.05, 0.1) is 0 Å². The molecule has 1 N–H and O–H groups in total. The Morgan fingerprint density at radius 1 is 1.14 bits per heavy atom. The van der Waals surface area contributed by atoms with E-state index in [4.69, 9.17) is 25.7 Å². The van der Waals surface area contributed by atoms with Gasteiger partial charge < -0.3 is 14.5 Å². The highest BCUT2D eigenvalue weighted by atomic mass is 35.5. The lowest BCUT2D eigenvalue weighted by atomic mass is 10.0. The normalized spacial score (nSPS) is 16.8. The monoisotopic (exact) mass is 413 g/mol. The molecule has 0 unspecified atom stereocenters. The summed E-state index contributed by atoms with van der Waals surface area (Å²) in [7, 11) is 0. The Labute approximate surface area is 172 Å². The summed E-state index contributed by atoms with van der Waals surface area (Å²) in [5, 5.41) is 4.83. The highest BCUT2D eigenvalue weighted by molar-refractivity contribution is 7.99. The number of benzene rings is 1. The summed E-state index contributed by atoms with van der Waals surface area (Å²) in [5.74, 6) is 2.08. The number of halogens is 1. The van der Waals surface area contributed by atoms with Crippen molar-refractivity contribution in [2.75, 3.05) is 25.1 Å². The van der Waals surface area contributed by atoms with E-state index in [1.165, 1.54) is 5.56 Å². The first-order chi connectivity index (χ1) is 13.8. The van der Waals surface area contributed by atoms with Crippen molar-refractivity contribution >= 4 is 29.2 Å². The van der Waals surface area contributed by atoms with Crippen LogP contribution in [0.2, 0.25) is 5.02 Å². The van der Waals surface area contributed by atoms with E-state index >= 15 is 0 Å². The Kier molecular flexibility index (Phi) is 5.01. The van der Waals surface area contributed by atoms with Gasteiger partial charge in [0, 0.05) is 47.4 Å². The summed E-state index contributed by atoms with van der Waals surface area (Å²) in [6.07, 6.45) is 4.75. The zero-order valence-corrected chi connectivity index (χ0v) is 16.9. The van der Waals surface area contributed by atoms with Crippen LogP contribution in [0.5, 0.6) is 0 Å². The van der Waals surface area contributed by atoms with Crippen molar-refractivity contribution < 1.29 is 9.15 Å². The van der Waals surface area contributed by atoms with E-state index in [1.807, 2.05) is 30.5 Å². The molecule has 28 heavy (non-hydrogen) atoms. The molecule has 2 aliphatic rings.